The minimum atomic E-state index is 0.513. The molecule has 0 saturated carbocycles. The standard InChI is InChI=1S/C12H10BrN3O/c13-9-1-2-11-10(5-9)15-12(14)16(11)6-8-3-4-17-7-8/h1-5,7H,6H2,(H2,14,15). The zero-order valence-electron chi connectivity index (χ0n) is 8.93. The third kappa shape index (κ3) is 1.82. The number of imidazole rings is 1. The normalized spacial score (nSPS) is 11.1. The lowest BCUT2D eigenvalue weighted by molar-refractivity contribution is 0.562. The zero-order valence-corrected chi connectivity index (χ0v) is 10.5. The van der Waals surface area contributed by atoms with Crippen LogP contribution in [0.3, 0.4) is 0 Å². The number of benzene rings is 1. The second-order valence-corrected chi connectivity index (χ2v) is 4.74. The third-order valence-electron chi connectivity index (χ3n) is 2.66. The second kappa shape index (κ2) is 3.92. The van der Waals surface area contributed by atoms with E-state index < -0.39 is 0 Å². The van der Waals surface area contributed by atoms with Gasteiger partial charge in [-0.25, -0.2) is 4.98 Å². The van der Waals surface area contributed by atoms with Gasteiger partial charge in [0, 0.05) is 10.0 Å². The average Bonchev–Trinajstić information content (AvgIpc) is 2.88. The summed E-state index contributed by atoms with van der Waals surface area (Å²) in [5, 5.41) is 0. The topological polar surface area (TPSA) is 57.0 Å². The van der Waals surface area contributed by atoms with E-state index in [-0.39, 0.29) is 0 Å². The van der Waals surface area contributed by atoms with E-state index in [1.165, 1.54) is 0 Å². The van der Waals surface area contributed by atoms with E-state index in [4.69, 9.17) is 10.2 Å². The fourth-order valence-corrected chi connectivity index (χ4v) is 2.20. The Hall–Kier alpha value is -1.75. The number of nitrogens with two attached hydrogens (primary N) is 1. The Morgan fingerprint density at radius 2 is 2.24 bits per heavy atom. The summed E-state index contributed by atoms with van der Waals surface area (Å²) in [6.45, 7) is 0.667. The maximum absolute atomic E-state index is 5.93. The van der Waals surface area contributed by atoms with Gasteiger partial charge in [0.15, 0.2) is 0 Å². The number of nitrogens with zero attached hydrogens (tertiary/aromatic N) is 2. The van der Waals surface area contributed by atoms with Gasteiger partial charge in [-0.3, -0.25) is 0 Å². The number of rotatable bonds is 2. The van der Waals surface area contributed by atoms with Crippen LogP contribution >= 0.6 is 15.9 Å². The largest absolute Gasteiger partial charge is 0.472 e. The van der Waals surface area contributed by atoms with Crippen LogP contribution in [-0.2, 0) is 6.54 Å². The highest BCUT2D eigenvalue weighted by atomic mass is 79.9. The van der Waals surface area contributed by atoms with Gasteiger partial charge in [-0.2, -0.15) is 0 Å². The van der Waals surface area contributed by atoms with Crippen LogP contribution in [0.2, 0.25) is 0 Å². The first-order chi connectivity index (χ1) is 8.24. The van der Waals surface area contributed by atoms with Gasteiger partial charge in [0.05, 0.1) is 30.1 Å². The molecule has 4 nitrogen and oxygen atoms in total. The molecule has 17 heavy (non-hydrogen) atoms. The number of fused-ring (bicyclic) bond motifs is 1. The average molecular weight is 292 g/mol. The molecule has 2 N–H and O–H groups in total. The summed E-state index contributed by atoms with van der Waals surface area (Å²) >= 11 is 3.42. The van der Waals surface area contributed by atoms with Gasteiger partial charge in [0.2, 0.25) is 5.95 Å². The van der Waals surface area contributed by atoms with Crippen molar-refractivity contribution in [3.8, 4) is 0 Å². The summed E-state index contributed by atoms with van der Waals surface area (Å²) in [5.74, 6) is 0.513. The first-order valence-electron chi connectivity index (χ1n) is 5.16. The molecule has 0 aliphatic carbocycles. The second-order valence-electron chi connectivity index (χ2n) is 3.82. The van der Waals surface area contributed by atoms with Crippen LogP contribution < -0.4 is 5.73 Å². The number of hydrogen-bond acceptors (Lipinski definition) is 3. The summed E-state index contributed by atoms with van der Waals surface area (Å²) < 4.78 is 8.02. The van der Waals surface area contributed by atoms with E-state index in [1.807, 2.05) is 28.8 Å². The van der Waals surface area contributed by atoms with Crippen LogP contribution in [0.25, 0.3) is 11.0 Å². The van der Waals surface area contributed by atoms with Gasteiger partial charge < -0.3 is 14.7 Å². The fraction of sp³-hybridized carbons (Fsp3) is 0.0833. The van der Waals surface area contributed by atoms with Gasteiger partial charge in [-0.05, 0) is 24.3 Å². The molecule has 0 aliphatic heterocycles. The molecule has 0 aliphatic rings. The molecule has 0 amide bonds. The maximum Gasteiger partial charge on any atom is 0.201 e. The quantitative estimate of drug-likeness (QED) is 0.790. The van der Waals surface area contributed by atoms with Crippen molar-refractivity contribution in [2.75, 3.05) is 5.73 Å². The molecule has 0 saturated heterocycles. The summed E-state index contributed by atoms with van der Waals surface area (Å²) in [6, 6.07) is 7.86. The number of anilines is 1. The minimum Gasteiger partial charge on any atom is -0.472 e. The number of furan rings is 1. The molecule has 0 bridgehead atoms. The molecule has 1 aromatic carbocycles. The molecule has 3 rings (SSSR count). The van der Waals surface area contributed by atoms with Gasteiger partial charge >= 0.3 is 0 Å². The fourth-order valence-electron chi connectivity index (χ4n) is 1.85. The monoisotopic (exact) mass is 291 g/mol. The molecule has 3 aromatic rings. The van der Waals surface area contributed by atoms with Crippen molar-refractivity contribution in [3.63, 3.8) is 0 Å². The molecular formula is C12H10BrN3O. The molecule has 2 aromatic heterocycles. The van der Waals surface area contributed by atoms with Crippen molar-refractivity contribution in [3.05, 3.63) is 46.8 Å². The van der Waals surface area contributed by atoms with E-state index >= 15 is 0 Å². The van der Waals surface area contributed by atoms with E-state index in [9.17, 15) is 0 Å². The molecule has 0 spiro atoms. The summed E-state index contributed by atoms with van der Waals surface area (Å²) in [5.41, 5.74) is 8.90. The van der Waals surface area contributed by atoms with Crippen molar-refractivity contribution in [2.45, 2.75) is 6.54 Å². The maximum atomic E-state index is 5.93. The molecule has 0 fully saturated rings. The van der Waals surface area contributed by atoms with Crippen LogP contribution in [-0.4, -0.2) is 9.55 Å². The van der Waals surface area contributed by atoms with Gasteiger partial charge in [0.25, 0.3) is 0 Å². The lowest BCUT2D eigenvalue weighted by Crippen LogP contribution is -2.03. The Morgan fingerprint density at radius 1 is 1.35 bits per heavy atom. The van der Waals surface area contributed by atoms with Crippen LogP contribution in [0, 0.1) is 0 Å². The number of hydrogen-bond donors (Lipinski definition) is 1. The highest BCUT2D eigenvalue weighted by Gasteiger charge is 2.09. The Labute approximate surface area is 106 Å². The number of aromatic nitrogens is 2. The van der Waals surface area contributed by atoms with E-state index in [0.717, 1.165) is 21.1 Å². The van der Waals surface area contributed by atoms with Crippen LogP contribution in [0.4, 0.5) is 5.95 Å². The molecule has 2 heterocycles. The lowest BCUT2D eigenvalue weighted by atomic mass is 10.3. The Morgan fingerprint density at radius 3 is 3.00 bits per heavy atom. The van der Waals surface area contributed by atoms with Gasteiger partial charge in [-0.1, -0.05) is 15.9 Å². The summed E-state index contributed by atoms with van der Waals surface area (Å²) in [7, 11) is 0. The molecule has 5 heteroatoms. The summed E-state index contributed by atoms with van der Waals surface area (Å²) in [6.07, 6.45) is 3.37. The summed E-state index contributed by atoms with van der Waals surface area (Å²) in [4.78, 5) is 4.33. The zero-order chi connectivity index (χ0) is 11.8. The molecule has 0 atom stereocenters. The van der Waals surface area contributed by atoms with Crippen molar-refractivity contribution in [1.29, 1.82) is 0 Å². The molecular weight excluding hydrogens is 282 g/mol. The highest BCUT2D eigenvalue weighted by molar-refractivity contribution is 9.10. The molecule has 0 unspecified atom stereocenters. The van der Waals surface area contributed by atoms with E-state index in [0.29, 0.717) is 12.5 Å². The third-order valence-corrected chi connectivity index (χ3v) is 3.15. The van der Waals surface area contributed by atoms with Crippen molar-refractivity contribution in [1.82, 2.24) is 9.55 Å². The highest BCUT2D eigenvalue weighted by Crippen LogP contribution is 2.23. The van der Waals surface area contributed by atoms with Crippen LogP contribution in [0.15, 0.2) is 45.7 Å². The predicted molar refractivity (Wildman–Crippen MR) is 69.7 cm³/mol. The van der Waals surface area contributed by atoms with Crippen molar-refractivity contribution in [2.24, 2.45) is 0 Å². The van der Waals surface area contributed by atoms with E-state index in [1.54, 1.807) is 12.5 Å². The van der Waals surface area contributed by atoms with Gasteiger partial charge in [-0.15, -0.1) is 0 Å². The first kappa shape index (κ1) is 10.4. The minimum absolute atomic E-state index is 0.513. The number of halogens is 1. The predicted octanol–water partition coefficient (Wildman–Crippen LogP) is 3.02. The Bertz CT molecular complexity index is 658. The Kier molecular flexibility index (Phi) is 2.40. The Balaban J connectivity index is 2.12. The van der Waals surface area contributed by atoms with Gasteiger partial charge in [0.1, 0.15) is 0 Å². The number of nitrogen functional groups attached to an aromatic ring is 1. The lowest BCUT2D eigenvalue weighted by Gasteiger charge is -2.03. The van der Waals surface area contributed by atoms with Crippen molar-refractivity contribution < 1.29 is 4.42 Å². The molecule has 86 valence electrons. The molecule has 0 radical (unpaired) electrons. The SMILES string of the molecule is Nc1nc2cc(Br)ccc2n1Cc1ccoc1. The first-order valence-corrected chi connectivity index (χ1v) is 5.95. The van der Waals surface area contributed by atoms with Crippen molar-refractivity contribution >= 4 is 32.9 Å². The van der Waals surface area contributed by atoms with Crippen LogP contribution in [0.1, 0.15) is 5.56 Å². The van der Waals surface area contributed by atoms with Crippen LogP contribution in [0.5, 0.6) is 0 Å². The van der Waals surface area contributed by atoms with E-state index in [2.05, 4.69) is 20.9 Å². The smallest absolute Gasteiger partial charge is 0.201 e.